The van der Waals surface area contributed by atoms with Crippen LogP contribution < -0.4 is 0 Å². The molecular formula is C14H23NO2S. The Hall–Kier alpha value is -0.510. The van der Waals surface area contributed by atoms with Crippen molar-refractivity contribution in [1.82, 2.24) is 4.90 Å². The lowest BCUT2D eigenvalue weighted by Gasteiger charge is -2.38. The zero-order valence-corrected chi connectivity index (χ0v) is 12.0. The fourth-order valence-electron chi connectivity index (χ4n) is 2.96. The number of ketones is 1. The van der Waals surface area contributed by atoms with Crippen molar-refractivity contribution in [3.8, 4) is 0 Å². The zero-order valence-electron chi connectivity index (χ0n) is 11.2. The summed E-state index contributed by atoms with van der Waals surface area (Å²) >= 11 is 1.81. The molecule has 0 aromatic carbocycles. The molecule has 18 heavy (non-hydrogen) atoms. The number of hydrogen-bond donors (Lipinski definition) is 0. The molecule has 0 bridgehead atoms. The largest absolute Gasteiger partial charge is 0.338 e. The maximum atomic E-state index is 12.5. The summed E-state index contributed by atoms with van der Waals surface area (Å²) in [4.78, 5) is 25.9. The van der Waals surface area contributed by atoms with E-state index in [-0.39, 0.29) is 17.1 Å². The lowest BCUT2D eigenvalue weighted by atomic mass is 9.97. The van der Waals surface area contributed by atoms with Crippen LogP contribution in [0.2, 0.25) is 0 Å². The van der Waals surface area contributed by atoms with E-state index in [1.54, 1.807) is 6.92 Å². The molecule has 2 saturated heterocycles. The average Bonchev–Trinajstić information content (AvgIpc) is 2.39. The van der Waals surface area contributed by atoms with Crippen LogP contribution in [0.5, 0.6) is 0 Å². The Morgan fingerprint density at radius 3 is 2.61 bits per heavy atom. The molecule has 102 valence electrons. The van der Waals surface area contributed by atoms with Gasteiger partial charge in [-0.15, -0.1) is 11.8 Å². The first-order chi connectivity index (χ1) is 8.68. The summed E-state index contributed by atoms with van der Waals surface area (Å²) in [6.45, 7) is 2.49. The minimum absolute atomic E-state index is 0.159. The minimum Gasteiger partial charge on any atom is -0.338 e. The molecule has 1 amide bonds. The highest BCUT2D eigenvalue weighted by Crippen LogP contribution is 2.29. The number of amides is 1. The van der Waals surface area contributed by atoms with Crippen molar-refractivity contribution >= 4 is 23.5 Å². The van der Waals surface area contributed by atoms with Gasteiger partial charge in [-0.2, -0.15) is 0 Å². The van der Waals surface area contributed by atoms with Gasteiger partial charge in [0.25, 0.3) is 0 Å². The van der Waals surface area contributed by atoms with Crippen molar-refractivity contribution in [3.05, 3.63) is 0 Å². The third kappa shape index (κ3) is 3.50. The standard InChI is InChI=1S/C14H23NO2S/c1-11(16)10-12-6-2-4-8-15(12)14(17)13-7-3-5-9-18-13/h12-13H,2-10H2,1H3. The van der Waals surface area contributed by atoms with Crippen LogP contribution in [-0.2, 0) is 9.59 Å². The van der Waals surface area contributed by atoms with Crippen molar-refractivity contribution in [2.45, 2.75) is 63.2 Å². The number of carbonyl (C=O) groups is 2. The number of hydrogen-bond acceptors (Lipinski definition) is 3. The highest BCUT2D eigenvalue weighted by atomic mass is 32.2. The number of likely N-dealkylation sites (tertiary alicyclic amines) is 1. The monoisotopic (exact) mass is 269 g/mol. The molecule has 2 aliphatic heterocycles. The Kier molecular flexibility index (Phi) is 5.10. The van der Waals surface area contributed by atoms with Crippen LogP contribution in [0.25, 0.3) is 0 Å². The van der Waals surface area contributed by atoms with E-state index in [1.165, 1.54) is 12.8 Å². The van der Waals surface area contributed by atoms with Crippen LogP contribution in [0.15, 0.2) is 0 Å². The first-order valence-electron chi connectivity index (χ1n) is 7.10. The highest BCUT2D eigenvalue weighted by molar-refractivity contribution is 8.00. The average molecular weight is 269 g/mol. The minimum atomic E-state index is 0.159. The maximum Gasteiger partial charge on any atom is 0.235 e. The van der Waals surface area contributed by atoms with E-state index in [0.29, 0.717) is 12.3 Å². The van der Waals surface area contributed by atoms with Gasteiger partial charge < -0.3 is 4.90 Å². The summed E-state index contributed by atoms with van der Waals surface area (Å²) in [7, 11) is 0. The van der Waals surface area contributed by atoms with Gasteiger partial charge in [-0.1, -0.05) is 6.42 Å². The smallest absolute Gasteiger partial charge is 0.235 e. The molecule has 0 radical (unpaired) electrons. The molecule has 0 N–H and O–H groups in total. The molecular weight excluding hydrogens is 246 g/mol. The molecule has 2 rings (SSSR count). The van der Waals surface area contributed by atoms with Crippen molar-refractivity contribution in [2.75, 3.05) is 12.3 Å². The predicted molar refractivity (Wildman–Crippen MR) is 74.7 cm³/mol. The van der Waals surface area contributed by atoms with Crippen LogP contribution in [0.4, 0.5) is 0 Å². The van der Waals surface area contributed by atoms with Gasteiger partial charge >= 0.3 is 0 Å². The lowest BCUT2D eigenvalue weighted by Crippen LogP contribution is -2.48. The van der Waals surface area contributed by atoms with E-state index >= 15 is 0 Å². The molecule has 0 aromatic rings. The van der Waals surface area contributed by atoms with Gasteiger partial charge in [-0.25, -0.2) is 0 Å². The van der Waals surface area contributed by atoms with Crippen LogP contribution in [0.1, 0.15) is 51.9 Å². The zero-order chi connectivity index (χ0) is 13.0. The summed E-state index contributed by atoms with van der Waals surface area (Å²) in [5.41, 5.74) is 0. The Morgan fingerprint density at radius 1 is 1.17 bits per heavy atom. The van der Waals surface area contributed by atoms with Crippen molar-refractivity contribution in [3.63, 3.8) is 0 Å². The van der Waals surface area contributed by atoms with Gasteiger partial charge in [-0.3, -0.25) is 9.59 Å². The lowest BCUT2D eigenvalue weighted by molar-refractivity contribution is -0.135. The van der Waals surface area contributed by atoms with Gasteiger partial charge in [0, 0.05) is 19.0 Å². The Morgan fingerprint density at radius 2 is 1.94 bits per heavy atom. The SMILES string of the molecule is CC(=O)CC1CCCCN1C(=O)C1CCCCS1. The molecule has 0 aromatic heterocycles. The number of rotatable bonds is 3. The molecule has 4 heteroatoms. The topological polar surface area (TPSA) is 37.4 Å². The fraction of sp³-hybridized carbons (Fsp3) is 0.857. The van der Waals surface area contributed by atoms with E-state index in [0.717, 1.165) is 38.0 Å². The first-order valence-corrected chi connectivity index (χ1v) is 8.15. The second-order valence-corrected chi connectivity index (χ2v) is 6.75. The van der Waals surface area contributed by atoms with E-state index < -0.39 is 0 Å². The van der Waals surface area contributed by atoms with Gasteiger partial charge in [0.15, 0.2) is 0 Å². The molecule has 2 heterocycles. The van der Waals surface area contributed by atoms with Crippen LogP contribution in [0, 0.1) is 0 Å². The second-order valence-electron chi connectivity index (χ2n) is 5.44. The molecule has 0 spiro atoms. The van der Waals surface area contributed by atoms with E-state index in [2.05, 4.69) is 0 Å². The molecule has 2 aliphatic rings. The third-order valence-electron chi connectivity index (χ3n) is 3.89. The van der Waals surface area contributed by atoms with E-state index in [9.17, 15) is 9.59 Å². The summed E-state index contributed by atoms with van der Waals surface area (Å²) in [5, 5.41) is 0.159. The van der Waals surface area contributed by atoms with Crippen molar-refractivity contribution in [2.24, 2.45) is 0 Å². The second kappa shape index (κ2) is 6.60. The molecule has 2 atom stereocenters. The van der Waals surface area contributed by atoms with Gasteiger partial charge in [0.2, 0.25) is 5.91 Å². The number of piperidine rings is 1. The molecule has 2 unspecified atom stereocenters. The summed E-state index contributed by atoms with van der Waals surface area (Å²) in [6.07, 6.45) is 7.23. The van der Waals surface area contributed by atoms with E-state index in [1.807, 2.05) is 16.7 Å². The van der Waals surface area contributed by atoms with Crippen LogP contribution >= 0.6 is 11.8 Å². The predicted octanol–water partition coefficient (Wildman–Crippen LogP) is 2.63. The molecule has 2 fully saturated rings. The Labute approximate surface area is 114 Å². The summed E-state index contributed by atoms with van der Waals surface area (Å²) in [6, 6.07) is 0.172. The molecule has 3 nitrogen and oxygen atoms in total. The van der Waals surface area contributed by atoms with Gasteiger partial charge in [0.05, 0.1) is 5.25 Å². The van der Waals surface area contributed by atoms with E-state index in [4.69, 9.17) is 0 Å². The van der Waals surface area contributed by atoms with Crippen LogP contribution in [-0.4, -0.2) is 40.2 Å². The summed E-state index contributed by atoms with van der Waals surface area (Å²) in [5.74, 6) is 1.61. The number of nitrogens with zero attached hydrogens (tertiary/aromatic N) is 1. The number of Topliss-reactive ketones (excluding diaryl/α,β-unsaturated/α-hetero) is 1. The van der Waals surface area contributed by atoms with Crippen LogP contribution in [0.3, 0.4) is 0 Å². The summed E-state index contributed by atoms with van der Waals surface area (Å²) < 4.78 is 0. The van der Waals surface area contributed by atoms with Crippen molar-refractivity contribution < 1.29 is 9.59 Å². The van der Waals surface area contributed by atoms with Gasteiger partial charge in [-0.05, 0) is 44.8 Å². The first kappa shape index (κ1) is 13.9. The highest BCUT2D eigenvalue weighted by Gasteiger charge is 2.32. The number of thioether (sulfide) groups is 1. The Bertz CT molecular complexity index is 313. The maximum absolute atomic E-state index is 12.5. The molecule has 0 aliphatic carbocycles. The van der Waals surface area contributed by atoms with Crippen molar-refractivity contribution in [1.29, 1.82) is 0 Å². The Balaban J connectivity index is 1.98. The number of carbonyl (C=O) groups excluding carboxylic acids is 2. The normalized spacial score (nSPS) is 29.1. The third-order valence-corrected chi connectivity index (χ3v) is 5.25. The quantitative estimate of drug-likeness (QED) is 0.790. The fourth-order valence-corrected chi connectivity index (χ4v) is 4.22. The molecule has 0 saturated carbocycles. The van der Waals surface area contributed by atoms with Gasteiger partial charge in [0.1, 0.15) is 5.78 Å².